The molecule has 3 heteroatoms. The van der Waals surface area contributed by atoms with E-state index in [9.17, 15) is 0 Å². The molecule has 2 nitrogen and oxygen atoms in total. The van der Waals surface area contributed by atoms with E-state index in [1.54, 1.807) is 0 Å². The fourth-order valence-corrected chi connectivity index (χ4v) is 12.1. The van der Waals surface area contributed by atoms with Gasteiger partial charge in [0.15, 0.2) is 7.14 Å². The van der Waals surface area contributed by atoms with Crippen molar-refractivity contribution in [2.45, 2.75) is 5.41 Å². The Morgan fingerprint density at radius 3 is 1.61 bits per heavy atom. The molecule has 0 saturated heterocycles. The molecule has 0 bridgehead atoms. The first-order chi connectivity index (χ1) is 26.7. The van der Waals surface area contributed by atoms with E-state index < -0.39 is 12.6 Å². The normalized spacial score (nSPS) is 15.2. The minimum atomic E-state index is -3.17. The summed E-state index contributed by atoms with van der Waals surface area (Å²) in [5.74, 6) is 0. The Bertz CT molecular complexity index is 3070. The Morgan fingerprint density at radius 1 is 0.407 bits per heavy atom. The van der Waals surface area contributed by atoms with E-state index in [2.05, 4.69) is 150 Å². The monoisotopic (exact) mass is 707 g/mol. The van der Waals surface area contributed by atoms with Crippen LogP contribution in [-0.2, 0) is 9.98 Å². The van der Waals surface area contributed by atoms with Gasteiger partial charge in [-0.15, -0.1) is 0 Å². The fourth-order valence-electron chi connectivity index (χ4n) is 9.44. The van der Waals surface area contributed by atoms with Crippen LogP contribution in [0.3, 0.4) is 0 Å². The summed E-state index contributed by atoms with van der Waals surface area (Å²) in [7, 11) is -3.17. The second-order valence-corrected chi connectivity index (χ2v) is 17.1. The molecule has 54 heavy (non-hydrogen) atoms. The van der Waals surface area contributed by atoms with Gasteiger partial charge in [0.25, 0.3) is 0 Å². The molecule has 1 atom stereocenters. The third-order valence-corrected chi connectivity index (χ3v) is 14.8. The SMILES string of the molecule is O=P(c1ccccc1)(c1ccccc1)c1ccc(C2(c3ccccc3)c3ccccc3-n3c4ccc5ccccc5c4c4c5ccccc5cc2c43)cc1. The van der Waals surface area contributed by atoms with Gasteiger partial charge < -0.3 is 9.13 Å². The standard InChI is InChI=1S/C51H34NOP/c53-54(39-20-6-2-7-21-39,40-22-8-3-9-23-40)41-31-29-38(30-32-41)51(37-18-4-1-5-19-37)44-26-14-15-27-46(44)52-47-33-28-35-16-10-12-24-42(35)48(47)49-43-25-13-11-17-36(43)34-45(51)50(49)52/h1-34H. The van der Waals surface area contributed by atoms with Crippen LogP contribution >= 0.6 is 7.14 Å². The molecule has 2 heterocycles. The fraction of sp³-hybridized carbons (Fsp3) is 0.0196. The molecule has 254 valence electrons. The molecule has 0 spiro atoms. The third-order valence-electron chi connectivity index (χ3n) is 11.7. The van der Waals surface area contributed by atoms with Crippen molar-refractivity contribution in [2.24, 2.45) is 0 Å². The number of para-hydroxylation sites is 1. The molecule has 0 N–H and O–H groups in total. The molecular weight excluding hydrogens is 674 g/mol. The van der Waals surface area contributed by atoms with Crippen molar-refractivity contribution in [2.75, 3.05) is 0 Å². The number of rotatable bonds is 5. The Labute approximate surface area is 314 Å². The lowest BCUT2D eigenvalue weighted by Crippen LogP contribution is -2.36. The van der Waals surface area contributed by atoms with Crippen molar-refractivity contribution in [3.8, 4) is 5.69 Å². The van der Waals surface area contributed by atoms with Crippen LogP contribution in [0.1, 0.15) is 22.3 Å². The van der Waals surface area contributed by atoms with Crippen molar-refractivity contribution in [3.05, 3.63) is 229 Å². The third kappa shape index (κ3) is 4.15. The first kappa shape index (κ1) is 31.1. The highest BCUT2D eigenvalue weighted by Crippen LogP contribution is 2.56. The van der Waals surface area contributed by atoms with Gasteiger partial charge >= 0.3 is 0 Å². The average Bonchev–Trinajstić information content (AvgIpc) is 3.61. The van der Waals surface area contributed by atoms with Crippen LogP contribution in [0.25, 0.3) is 49.0 Å². The van der Waals surface area contributed by atoms with Gasteiger partial charge in [-0.25, -0.2) is 0 Å². The van der Waals surface area contributed by atoms with Gasteiger partial charge in [-0.2, -0.15) is 0 Å². The van der Waals surface area contributed by atoms with Crippen LogP contribution in [0.5, 0.6) is 0 Å². The molecule has 1 aliphatic rings. The van der Waals surface area contributed by atoms with Gasteiger partial charge in [0.1, 0.15) is 0 Å². The molecule has 0 aliphatic carbocycles. The van der Waals surface area contributed by atoms with Gasteiger partial charge in [0.05, 0.1) is 22.1 Å². The second kappa shape index (κ2) is 11.8. The maximum atomic E-state index is 15.5. The minimum Gasteiger partial charge on any atom is -0.309 e. The van der Waals surface area contributed by atoms with Gasteiger partial charge in [0.2, 0.25) is 0 Å². The molecule has 0 saturated carbocycles. The van der Waals surface area contributed by atoms with Gasteiger partial charge in [-0.1, -0.05) is 188 Å². The maximum Gasteiger partial charge on any atom is 0.171 e. The number of nitrogens with zero attached hydrogens (tertiary/aromatic N) is 1. The number of benzene rings is 9. The van der Waals surface area contributed by atoms with Gasteiger partial charge in [0, 0.05) is 26.7 Å². The molecule has 9 aromatic carbocycles. The summed E-state index contributed by atoms with van der Waals surface area (Å²) in [4.78, 5) is 0. The lowest BCUT2D eigenvalue weighted by atomic mass is 9.63. The zero-order valence-electron chi connectivity index (χ0n) is 29.4. The van der Waals surface area contributed by atoms with E-state index in [0.717, 1.165) is 21.5 Å². The van der Waals surface area contributed by atoms with Gasteiger partial charge in [-0.05, 0) is 62.0 Å². The van der Waals surface area contributed by atoms with Crippen LogP contribution in [0.2, 0.25) is 0 Å². The molecule has 10 aromatic rings. The Kier molecular flexibility index (Phi) is 6.78. The lowest BCUT2D eigenvalue weighted by Gasteiger charge is -2.42. The largest absolute Gasteiger partial charge is 0.309 e. The van der Waals surface area contributed by atoms with E-state index in [4.69, 9.17) is 0 Å². The number of fused-ring (bicyclic) bond motifs is 9. The molecule has 0 radical (unpaired) electrons. The van der Waals surface area contributed by atoms with E-state index in [1.807, 2.05) is 60.7 Å². The zero-order valence-corrected chi connectivity index (χ0v) is 30.3. The molecule has 1 aromatic heterocycles. The van der Waals surface area contributed by atoms with Gasteiger partial charge in [-0.3, -0.25) is 0 Å². The summed E-state index contributed by atoms with van der Waals surface area (Å²) in [5, 5.41) is 9.99. The highest BCUT2D eigenvalue weighted by molar-refractivity contribution is 7.85. The number of hydrogen-bond acceptors (Lipinski definition) is 1. The van der Waals surface area contributed by atoms with Crippen LogP contribution in [0, 0.1) is 0 Å². The lowest BCUT2D eigenvalue weighted by molar-refractivity contribution is 0.592. The topological polar surface area (TPSA) is 22.0 Å². The summed E-state index contributed by atoms with van der Waals surface area (Å²) in [6.45, 7) is 0. The summed E-state index contributed by atoms with van der Waals surface area (Å²) in [6, 6.07) is 73.2. The summed E-state index contributed by atoms with van der Waals surface area (Å²) >= 11 is 0. The van der Waals surface area contributed by atoms with E-state index in [-0.39, 0.29) is 0 Å². The van der Waals surface area contributed by atoms with E-state index in [1.165, 1.54) is 65.7 Å². The highest BCUT2D eigenvalue weighted by atomic mass is 31.2. The number of aromatic nitrogens is 1. The Morgan fingerprint density at radius 2 is 0.926 bits per heavy atom. The number of hydrogen-bond donors (Lipinski definition) is 0. The quantitative estimate of drug-likeness (QED) is 0.163. The summed E-state index contributed by atoms with van der Waals surface area (Å²) in [6.07, 6.45) is 0. The van der Waals surface area contributed by atoms with Crippen molar-refractivity contribution in [1.29, 1.82) is 0 Å². The summed E-state index contributed by atoms with van der Waals surface area (Å²) < 4.78 is 18.0. The first-order valence-electron chi connectivity index (χ1n) is 18.5. The average molecular weight is 708 g/mol. The van der Waals surface area contributed by atoms with Crippen LogP contribution in [0.4, 0.5) is 0 Å². The van der Waals surface area contributed by atoms with E-state index >= 15 is 4.57 Å². The molecule has 11 rings (SSSR count). The second-order valence-electron chi connectivity index (χ2n) is 14.3. The minimum absolute atomic E-state index is 0.678. The molecular formula is C51H34NOP. The van der Waals surface area contributed by atoms with Crippen molar-refractivity contribution < 1.29 is 4.57 Å². The molecule has 1 aliphatic heterocycles. The van der Waals surface area contributed by atoms with Crippen LogP contribution < -0.4 is 15.9 Å². The van der Waals surface area contributed by atoms with Crippen LogP contribution in [0.15, 0.2) is 206 Å². The zero-order chi connectivity index (χ0) is 35.9. The highest BCUT2D eigenvalue weighted by Gasteiger charge is 2.46. The van der Waals surface area contributed by atoms with Crippen molar-refractivity contribution >= 4 is 66.4 Å². The van der Waals surface area contributed by atoms with Crippen molar-refractivity contribution in [3.63, 3.8) is 0 Å². The van der Waals surface area contributed by atoms with Crippen LogP contribution in [-0.4, -0.2) is 4.57 Å². The van der Waals surface area contributed by atoms with E-state index in [0.29, 0.717) is 0 Å². The maximum absolute atomic E-state index is 15.5. The molecule has 1 unspecified atom stereocenters. The molecule has 0 amide bonds. The predicted octanol–water partition coefficient (Wildman–Crippen LogP) is 11.4. The Balaban J connectivity index is 1.29. The Hall–Kier alpha value is -6.47. The van der Waals surface area contributed by atoms with Crippen molar-refractivity contribution in [1.82, 2.24) is 4.57 Å². The summed E-state index contributed by atoms with van der Waals surface area (Å²) in [5.41, 5.74) is 7.71. The first-order valence-corrected chi connectivity index (χ1v) is 20.3. The molecule has 0 fully saturated rings. The predicted molar refractivity (Wildman–Crippen MR) is 227 cm³/mol. The smallest absolute Gasteiger partial charge is 0.171 e.